The van der Waals surface area contributed by atoms with Crippen LogP contribution < -0.4 is 0 Å². The summed E-state index contributed by atoms with van der Waals surface area (Å²) in [6, 6.07) is 3.76. The second kappa shape index (κ2) is 3.76. The molecule has 0 N–H and O–H groups in total. The first-order chi connectivity index (χ1) is 5.16. The van der Waals surface area contributed by atoms with Gasteiger partial charge < -0.3 is 0 Å². The van der Waals surface area contributed by atoms with Gasteiger partial charge >= 0.3 is 0 Å². The minimum atomic E-state index is -0.0857. The molecule has 0 heterocycles. The molecule has 1 aromatic rings. The van der Waals surface area contributed by atoms with Gasteiger partial charge in [0.2, 0.25) is 0 Å². The average Bonchev–Trinajstić information content (AvgIpc) is 2.01. The Morgan fingerprint density at radius 3 is 2.64 bits per heavy atom. The highest BCUT2D eigenvalue weighted by molar-refractivity contribution is 14.1. The number of benzene rings is 1. The molecule has 0 bridgehead atoms. The molecule has 0 aromatic heterocycles. The van der Waals surface area contributed by atoms with Gasteiger partial charge in [0, 0.05) is 4.90 Å². The van der Waals surface area contributed by atoms with E-state index in [1.165, 1.54) is 0 Å². The lowest BCUT2D eigenvalue weighted by Gasteiger charge is -2.03. The van der Waals surface area contributed by atoms with E-state index in [-0.39, 0.29) is 5.82 Å². The van der Waals surface area contributed by atoms with Crippen LogP contribution in [0.25, 0.3) is 0 Å². The third-order valence-corrected chi connectivity index (χ3v) is 3.66. The van der Waals surface area contributed by atoms with E-state index < -0.39 is 0 Å². The van der Waals surface area contributed by atoms with Crippen molar-refractivity contribution >= 4 is 34.4 Å². The topological polar surface area (TPSA) is 0 Å². The van der Waals surface area contributed by atoms with Gasteiger partial charge in [-0.3, -0.25) is 0 Å². The van der Waals surface area contributed by atoms with Crippen molar-refractivity contribution in [3.63, 3.8) is 0 Å². The van der Waals surface area contributed by atoms with Crippen LogP contribution in [0.3, 0.4) is 0 Å². The van der Waals surface area contributed by atoms with Crippen molar-refractivity contribution in [1.29, 1.82) is 0 Å². The van der Waals surface area contributed by atoms with Crippen LogP contribution in [0.4, 0.5) is 4.39 Å². The summed E-state index contributed by atoms with van der Waals surface area (Å²) < 4.78 is 13.9. The Balaban J connectivity index is 3.25. The molecule has 0 unspecified atom stereocenters. The highest BCUT2D eigenvalue weighted by Gasteiger charge is 2.06. The Bertz CT molecular complexity index is 273. The summed E-state index contributed by atoms with van der Waals surface area (Å²) in [5.74, 6) is -0.0857. The summed E-state index contributed by atoms with van der Waals surface area (Å²) in [5.41, 5.74) is 0.715. The average molecular weight is 282 g/mol. The normalized spacial score (nSPS) is 10.2. The minimum Gasteiger partial charge on any atom is -0.205 e. The van der Waals surface area contributed by atoms with Crippen LogP contribution in [0, 0.1) is 16.3 Å². The number of thioether (sulfide) groups is 1. The Morgan fingerprint density at radius 2 is 2.09 bits per heavy atom. The minimum absolute atomic E-state index is 0.0857. The van der Waals surface area contributed by atoms with E-state index in [1.807, 2.05) is 41.0 Å². The molecule has 0 aliphatic carbocycles. The van der Waals surface area contributed by atoms with Gasteiger partial charge in [-0.25, -0.2) is 4.39 Å². The van der Waals surface area contributed by atoms with Gasteiger partial charge in [0.15, 0.2) is 0 Å². The quantitative estimate of drug-likeness (QED) is 0.561. The van der Waals surface area contributed by atoms with E-state index in [0.717, 1.165) is 8.47 Å². The van der Waals surface area contributed by atoms with Crippen LogP contribution in [0.5, 0.6) is 0 Å². The number of hydrogen-bond donors (Lipinski definition) is 0. The van der Waals surface area contributed by atoms with Crippen molar-refractivity contribution in [2.75, 3.05) is 6.26 Å². The van der Waals surface area contributed by atoms with Crippen molar-refractivity contribution in [2.45, 2.75) is 11.8 Å². The fourth-order valence-electron chi connectivity index (χ4n) is 0.786. The van der Waals surface area contributed by atoms with Crippen LogP contribution in [0.1, 0.15) is 5.56 Å². The molecule has 1 rings (SSSR count). The zero-order valence-corrected chi connectivity index (χ0v) is 9.29. The van der Waals surface area contributed by atoms with E-state index in [0.29, 0.717) is 5.56 Å². The molecule has 60 valence electrons. The Hall–Kier alpha value is 0.230. The zero-order chi connectivity index (χ0) is 8.43. The molecular weight excluding hydrogens is 274 g/mol. The third-order valence-electron chi connectivity index (χ3n) is 1.46. The van der Waals surface area contributed by atoms with Crippen LogP contribution in [0.15, 0.2) is 17.0 Å². The number of rotatable bonds is 1. The van der Waals surface area contributed by atoms with E-state index in [2.05, 4.69) is 0 Å². The molecule has 11 heavy (non-hydrogen) atoms. The largest absolute Gasteiger partial charge is 0.205 e. The smallest absolute Gasteiger partial charge is 0.140 e. The highest BCUT2D eigenvalue weighted by atomic mass is 127. The van der Waals surface area contributed by atoms with Crippen LogP contribution in [-0.4, -0.2) is 6.26 Å². The molecule has 0 amide bonds. The predicted octanol–water partition coefficient (Wildman–Crippen LogP) is 3.46. The van der Waals surface area contributed by atoms with E-state index in [4.69, 9.17) is 0 Å². The monoisotopic (exact) mass is 282 g/mol. The Labute approximate surface area is 83.7 Å². The van der Waals surface area contributed by atoms with Gasteiger partial charge in [-0.15, -0.1) is 11.8 Å². The summed E-state index contributed by atoms with van der Waals surface area (Å²) in [6.45, 7) is 1.78. The van der Waals surface area contributed by atoms with Gasteiger partial charge in [-0.05, 0) is 47.4 Å². The van der Waals surface area contributed by atoms with Gasteiger partial charge in [-0.1, -0.05) is 6.07 Å². The van der Waals surface area contributed by atoms with Crippen LogP contribution in [-0.2, 0) is 0 Å². The fraction of sp³-hybridized carbons (Fsp3) is 0.250. The molecule has 1 aromatic carbocycles. The number of hydrogen-bond acceptors (Lipinski definition) is 1. The molecule has 0 spiro atoms. The van der Waals surface area contributed by atoms with Gasteiger partial charge in [0.1, 0.15) is 5.82 Å². The second-order valence-electron chi connectivity index (χ2n) is 2.21. The third kappa shape index (κ3) is 1.87. The molecule has 0 nitrogen and oxygen atoms in total. The molecule has 0 saturated heterocycles. The summed E-state index contributed by atoms with van der Waals surface area (Å²) in [7, 11) is 0. The molecule has 0 fully saturated rings. The van der Waals surface area contributed by atoms with E-state index in [1.54, 1.807) is 18.7 Å². The lowest BCUT2D eigenvalue weighted by atomic mass is 10.2. The van der Waals surface area contributed by atoms with Gasteiger partial charge in [0.25, 0.3) is 0 Å². The molecule has 0 aliphatic rings. The van der Waals surface area contributed by atoms with Gasteiger partial charge in [-0.2, -0.15) is 0 Å². The zero-order valence-electron chi connectivity index (χ0n) is 6.32. The van der Waals surface area contributed by atoms with E-state index in [9.17, 15) is 4.39 Å². The summed E-state index contributed by atoms with van der Waals surface area (Å²) in [4.78, 5) is 1.01. The van der Waals surface area contributed by atoms with Crippen molar-refractivity contribution in [2.24, 2.45) is 0 Å². The lowest BCUT2D eigenvalue weighted by Crippen LogP contribution is -1.88. The maximum absolute atomic E-state index is 13.2. The number of aryl methyl sites for hydroxylation is 1. The lowest BCUT2D eigenvalue weighted by molar-refractivity contribution is 0.606. The Morgan fingerprint density at radius 1 is 1.45 bits per heavy atom. The van der Waals surface area contributed by atoms with Crippen LogP contribution >= 0.6 is 34.4 Å². The standard InChI is InChI=1S/C8H8FIS/c1-5-3-4-6(11-2)8(10)7(5)9/h3-4H,1-2H3. The highest BCUT2D eigenvalue weighted by Crippen LogP contribution is 2.25. The van der Waals surface area contributed by atoms with Crippen molar-refractivity contribution < 1.29 is 4.39 Å². The summed E-state index contributed by atoms with van der Waals surface area (Å²) >= 11 is 3.61. The Kier molecular flexibility index (Phi) is 3.18. The first kappa shape index (κ1) is 9.32. The van der Waals surface area contributed by atoms with Crippen molar-refractivity contribution in [3.05, 3.63) is 27.1 Å². The van der Waals surface area contributed by atoms with E-state index >= 15 is 0 Å². The first-order valence-corrected chi connectivity index (χ1v) is 5.45. The maximum atomic E-state index is 13.2. The molecule has 3 heteroatoms. The number of halogens is 2. The second-order valence-corrected chi connectivity index (χ2v) is 4.14. The molecule has 0 aliphatic heterocycles. The predicted molar refractivity (Wildman–Crippen MR) is 55.6 cm³/mol. The SMILES string of the molecule is CSc1ccc(C)c(F)c1I. The molecule has 0 saturated carbocycles. The van der Waals surface area contributed by atoms with Crippen molar-refractivity contribution in [3.8, 4) is 0 Å². The fourth-order valence-corrected chi connectivity index (χ4v) is 2.52. The van der Waals surface area contributed by atoms with Crippen LogP contribution in [0.2, 0.25) is 0 Å². The molecule has 0 radical (unpaired) electrons. The first-order valence-electron chi connectivity index (χ1n) is 3.15. The van der Waals surface area contributed by atoms with Crippen molar-refractivity contribution in [1.82, 2.24) is 0 Å². The summed E-state index contributed by atoms with van der Waals surface area (Å²) in [5, 5.41) is 0. The summed E-state index contributed by atoms with van der Waals surface area (Å²) in [6.07, 6.45) is 1.95. The van der Waals surface area contributed by atoms with Gasteiger partial charge in [0.05, 0.1) is 3.57 Å². The molecule has 0 atom stereocenters. The molecular formula is C8H8FIS. The maximum Gasteiger partial charge on any atom is 0.140 e.